The van der Waals surface area contributed by atoms with E-state index in [0.717, 1.165) is 13.0 Å². The van der Waals surface area contributed by atoms with Gasteiger partial charge in [0.1, 0.15) is 5.69 Å². The number of aromatic nitrogens is 2. The molecule has 7 nitrogen and oxygen atoms in total. The first-order valence-electron chi connectivity index (χ1n) is 7.39. The zero-order chi connectivity index (χ0) is 16.3. The van der Waals surface area contributed by atoms with E-state index in [2.05, 4.69) is 15.3 Å². The molecule has 2 heterocycles. The van der Waals surface area contributed by atoms with Crippen LogP contribution in [0.3, 0.4) is 0 Å². The van der Waals surface area contributed by atoms with Gasteiger partial charge in [-0.25, -0.2) is 18.4 Å². The number of rotatable bonds is 5. The highest BCUT2D eigenvalue weighted by Gasteiger charge is 2.33. The predicted molar refractivity (Wildman–Crippen MR) is 84.7 cm³/mol. The zero-order valence-corrected chi connectivity index (χ0v) is 14.0. The van der Waals surface area contributed by atoms with Crippen molar-refractivity contribution >= 4 is 21.7 Å². The maximum Gasteiger partial charge on any atom is 0.272 e. The van der Waals surface area contributed by atoms with Gasteiger partial charge in [-0.15, -0.1) is 0 Å². The number of carbonyl (C=O) groups excluding carboxylic acids is 1. The van der Waals surface area contributed by atoms with Crippen LogP contribution < -0.4 is 5.32 Å². The van der Waals surface area contributed by atoms with Gasteiger partial charge in [-0.2, -0.15) is 0 Å². The van der Waals surface area contributed by atoms with Crippen molar-refractivity contribution in [3.63, 3.8) is 0 Å². The monoisotopic (exact) mass is 326 g/mol. The molecule has 0 bridgehead atoms. The predicted octanol–water partition coefficient (Wildman–Crippen LogP) is 0.866. The van der Waals surface area contributed by atoms with Gasteiger partial charge in [-0.05, 0) is 25.8 Å². The lowest BCUT2D eigenvalue weighted by atomic mass is 10.2. The summed E-state index contributed by atoms with van der Waals surface area (Å²) in [5, 5.41) is 3.06. The molecule has 1 aliphatic heterocycles. The molecule has 8 heteroatoms. The second-order valence-electron chi connectivity index (χ2n) is 5.62. The molecule has 1 unspecified atom stereocenters. The Hall–Kier alpha value is -1.70. The topological polar surface area (TPSA) is 92.3 Å². The number of amides is 1. The molecule has 1 amide bonds. The van der Waals surface area contributed by atoms with E-state index in [1.165, 1.54) is 4.90 Å². The Bertz CT molecular complexity index is 660. The molecule has 22 heavy (non-hydrogen) atoms. The van der Waals surface area contributed by atoms with Gasteiger partial charge >= 0.3 is 0 Å². The second kappa shape index (κ2) is 6.60. The van der Waals surface area contributed by atoms with Crippen molar-refractivity contribution in [1.82, 2.24) is 14.9 Å². The standard InChI is InChI=1S/C14H22N4O3S/c1-4-6-15-14-16-10(2)8-12(17-14)13(19)18(3)11-5-7-22(20,21)9-11/h8,11H,4-7,9H2,1-3H3,(H,15,16,17). The van der Waals surface area contributed by atoms with Crippen LogP contribution >= 0.6 is 0 Å². The van der Waals surface area contributed by atoms with E-state index in [9.17, 15) is 13.2 Å². The molecule has 0 spiro atoms. The number of nitrogens with zero attached hydrogens (tertiary/aromatic N) is 3. The Morgan fingerprint density at radius 3 is 2.77 bits per heavy atom. The van der Waals surface area contributed by atoms with Gasteiger partial charge in [0.2, 0.25) is 5.95 Å². The Balaban J connectivity index is 2.16. The van der Waals surface area contributed by atoms with Crippen LogP contribution in [-0.4, -0.2) is 60.3 Å². The summed E-state index contributed by atoms with van der Waals surface area (Å²) in [6, 6.07) is 1.35. The number of hydrogen-bond donors (Lipinski definition) is 1. The molecule has 2 rings (SSSR count). The second-order valence-corrected chi connectivity index (χ2v) is 7.85. The third kappa shape index (κ3) is 3.94. The highest BCUT2D eigenvalue weighted by atomic mass is 32.2. The van der Waals surface area contributed by atoms with Crippen molar-refractivity contribution in [1.29, 1.82) is 0 Å². The first-order chi connectivity index (χ1) is 10.3. The average Bonchev–Trinajstić information content (AvgIpc) is 2.83. The molecule has 1 saturated heterocycles. The van der Waals surface area contributed by atoms with Crippen molar-refractivity contribution < 1.29 is 13.2 Å². The van der Waals surface area contributed by atoms with Crippen LogP contribution in [0.15, 0.2) is 6.07 Å². The van der Waals surface area contributed by atoms with Crippen LogP contribution in [0.5, 0.6) is 0 Å². The lowest BCUT2D eigenvalue weighted by Gasteiger charge is -2.23. The number of anilines is 1. The van der Waals surface area contributed by atoms with Gasteiger partial charge in [0, 0.05) is 25.3 Å². The Kier molecular flexibility index (Phi) is 5.00. The van der Waals surface area contributed by atoms with Crippen molar-refractivity contribution in [2.24, 2.45) is 0 Å². The quantitative estimate of drug-likeness (QED) is 0.863. The fraction of sp³-hybridized carbons (Fsp3) is 0.643. The summed E-state index contributed by atoms with van der Waals surface area (Å²) >= 11 is 0. The zero-order valence-electron chi connectivity index (χ0n) is 13.2. The van der Waals surface area contributed by atoms with E-state index >= 15 is 0 Å². The minimum Gasteiger partial charge on any atom is -0.354 e. The van der Waals surface area contributed by atoms with Gasteiger partial charge in [-0.1, -0.05) is 6.92 Å². The molecule has 0 radical (unpaired) electrons. The van der Waals surface area contributed by atoms with Crippen LogP contribution in [-0.2, 0) is 9.84 Å². The molecule has 1 aromatic heterocycles. The van der Waals surface area contributed by atoms with Crippen LogP contribution in [0, 0.1) is 6.92 Å². The van der Waals surface area contributed by atoms with E-state index in [0.29, 0.717) is 18.1 Å². The molecule has 1 aliphatic rings. The molecule has 1 fully saturated rings. The molecule has 0 saturated carbocycles. The van der Waals surface area contributed by atoms with Crippen molar-refractivity contribution in [2.75, 3.05) is 30.4 Å². The molecular formula is C14H22N4O3S. The number of nitrogens with one attached hydrogen (secondary N) is 1. The SMILES string of the molecule is CCCNc1nc(C)cc(C(=O)N(C)C2CCS(=O)(=O)C2)n1. The Morgan fingerprint density at radius 1 is 1.45 bits per heavy atom. The summed E-state index contributed by atoms with van der Waals surface area (Å²) < 4.78 is 23.1. The van der Waals surface area contributed by atoms with Gasteiger partial charge in [0.15, 0.2) is 9.84 Å². The third-order valence-corrected chi connectivity index (χ3v) is 5.43. The largest absolute Gasteiger partial charge is 0.354 e. The summed E-state index contributed by atoms with van der Waals surface area (Å²) in [5.41, 5.74) is 0.988. The molecule has 1 aromatic rings. The van der Waals surface area contributed by atoms with Gasteiger partial charge in [0.25, 0.3) is 5.91 Å². The van der Waals surface area contributed by atoms with Crippen molar-refractivity contribution in [3.05, 3.63) is 17.5 Å². The van der Waals surface area contributed by atoms with E-state index < -0.39 is 9.84 Å². The van der Waals surface area contributed by atoms with Crippen molar-refractivity contribution in [2.45, 2.75) is 32.7 Å². The minimum absolute atomic E-state index is 0.0280. The summed E-state index contributed by atoms with van der Waals surface area (Å²) in [7, 11) is -1.39. The van der Waals surface area contributed by atoms with Crippen LogP contribution in [0.1, 0.15) is 35.9 Å². The summed E-state index contributed by atoms with van der Waals surface area (Å²) in [4.78, 5) is 22.5. The van der Waals surface area contributed by atoms with E-state index in [1.807, 2.05) is 6.92 Å². The normalized spacial score (nSPS) is 19.9. The lowest BCUT2D eigenvalue weighted by Crippen LogP contribution is -2.38. The first-order valence-corrected chi connectivity index (χ1v) is 9.21. The number of carbonyl (C=O) groups is 1. The summed E-state index contributed by atoms with van der Waals surface area (Å²) in [6.45, 7) is 4.56. The van der Waals surface area contributed by atoms with E-state index in [1.54, 1.807) is 20.0 Å². The fourth-order valence-electron chi connectivity index (χ4n) is 2.42. The number of aryl methyl sites for hydroxylation is 1. The van der Waals surface area contributed by atoms with Crippen LogP contribution in [0.4, 0.5) is 5.95 Å². The molecule has 0 aromatic carbocycles. The van der Waals surface area contributed by atoms with Crippen LogP contribution in [0.2, 0.25) is 0 Å². The van der Waals surface area contributed by atoms with E-state index in [-0.39, 0.29) is 29.1 Å². The lowest BCUT2D eigenvalue weighted by molar-refractivity contribution is 0.0741. The Labute approximate surface area is 131 Å². The van der Waals surface area contributed by atoms with Crippen molar-refractivity contribution in [3.8, 4) is 0 Å². The van der Waals surface area contributed by atoms with Crippen LogP contribution in [0.25, 0.3) is 0 Å². The first kappa shape index (κ1) is 16.7. The molecule has 1 N–H and O–H groups in total. The highest BCUT2D eigenvalue weighted by Crippen LogP contribution is 2.18. The fourth-order valence-corrected chi connectivity index (χ4v) is 4.20. The molecular weight excluding hydrogens is 304 g/mol. The highest BCUT2D eigenvalue weighted by molar-refractivity contribution is 7.91. The average molecular weight is 326 g/mol. The molecule has 0 aliphatic carbocycles. The summed E-state index contributed by atoms with van der Waals surface area (Å²) in [5.74, 6) is 0.326. The third-order valence-electron chi connectivity index (χ3n) is 3.68. The smallest absolute Gasteiger partial charge is 0.272 e. The van der Waals surface area contributed by atoms with Gasteiger partial charge in [-0.3, -0.25) is 4.79 Å². The Morgan fingerprint density at radius 2 is 2.18 bits per heavy atom. The summed E-state index contributed by atoms with van der Waals surface area (Å²) in [6.07, 6.45) is 1.41. The van der Waals surface area contributed by atoms with E-state index in [4.69, 9.17) is 0 Å². The number of sulfone groups is 1. The number of hydrogen-bond acceptors (Lipinski definition) is 6. The molecule has 1 atom stereocenters. The molecule has 122 valence electrons. The minimum atomic E-state index is -3.02. The van der Waals surface area contributed by atoms with Gasteiger partial charge < -0.3 is 10.2 Å². The maximum absolute atomic E-state index is 12.5. The maximum atomic E-state index is 12.5. The van der Waals surface area contributed by atoms with Gasteiger partial charge in [0.05, 0.1) is 11.5 Å².